The van der Waals surface area contributed by atoms with E-state index in [0.29, 0.717) is 11.1 Å². The number of aliphatic hydroxyl groups excluding tert-OH is 1. The molecule has 2 N–H and O–H groups in total. The number of aryl methyl sites for hydroxylation is 1. The zero-order valence-electron chi connectivity index (χ0n) is 12.9. The molecule has 6 nitrogen and oxygen atoms in total. The number of nitro groups is 1. The first-order valence-electron chi connectivity index (χ1n) is 7.19. The van der Waals surface area contributed by atoms with Crippen molar-refractivity contribution in [1.82, 2.24) is 5.32 Å². The average Bonchev–Trinajstić information content (AvgIpc) is 2.54. The minimum Gasteiger partial charge on any atom is -0.386 e. The Morgan fingerprint density at radius 3 is 2.48 bits per heavy atom. The quantitative estimate of drug-likeness (QED) is 0.655. The molecule has 0 heterocycles. The van der Waals surface area contributed by atoms with Crippen molar-refractivity contribution >= 4 is 11.6 Å². The van der Waals surface area contributed by atoms with Gasteiger partial charge in [-0.3, -0.25) is 14.9 Å². The lowest BCUT2D eigenvalue weighted by atomic mass is 10.0. The summed E-state index contributed by atoms with van der Waals surface area (Å²) in [6, 6.07) is 12.6. The first-order chi connectivity index (χ1) is 10.9. The van der Waals surface area contributed by atoms with Crippen molar-refractivity contribution in [3.8, 4) is 0 Å². The summed E-state index contributed by atoms with van der Waals surface area (Å²) in [6.07, 6.45) is -0.862. The zero-order chi connectivity index (χ0) is 17.0. The van der Waals surface area contributed by atoms with Gasteiger partial charge in [0.05, 0.1) is 17.1 Å². The van der Waals surface area contributed by atoms with Gasteiger partial charge in [-0.05, 0) is 25.0 Å². The molecule has 0 aliphatic carbocycles. The summed E-state index contributed by atoms with van der Waals surface area (Å²) in [5.74, 6) is -0.450. The van der Waals surface area contributed by atoms with E-state index in [1.165, 1.54) is 18.2 Å². The van der Waals surface area contributed by atoms with Crippen LogP contribution in [0, 0.1) is 17.0 Å². The Labute approximate surface area is 133 Å². The SMILES string of the molecule is Cc1ccc([N+](=O)[O-])cc1C(=O)NC(C)[C@H](O)c1ccccc1. The molecule has 0 aliphatic heterocycles. The number of nitrogens with zero attached hydrogens (tertiary/aromatic N) is 1. The standard InChI is InChI=1S/C17H18N2O4/c1-11-8-9-14(19(22)23)10-15(11)17(21)18-12(2)16(20)13-6-4-3-5-7-13/h3-10,12,16,20H,1-2H3,(H,18,21)/t12?,16-/m0/s1. The fraction of sp³-hybridized carbons (Fsp3) is 0.235. The molecule has 1 amide bonds. The number of nitrogens with one attached hydrogen (secondary N) is 1. The second-order valence-corrected chi connectivity index (χ2v) is 5.37. The number of nitro benzene ring substituents is 1. The number of hydrogen-bond acceptors (Lipinski definition) is 4. The maximum atomic E-state index is 12.3. The van der Waals surface area contributed by atoms with Gasteiger partial charge in [-0.15, -0.1) is 0 Å². The van der Waals surface area contributed by atoms with Crippen LogP contribution in [0.5, 0.6) is 0 Å². The number of rotatable bonds is 5. The van der Waals surface area contributed by atoms with Crippen LogP contribution in [0.15, 0.2) is 48.5 Å². The Balaban J connectivity index is 2.15. The first-order valence-corrected chi connectivity index (χ1v) is 7.19. The van der Waals surface area contributed by atoms with Crippen LogP contribution in [0.2, 0.25) is 0 Å². The predicted molar refractivity (Wildman–Crippen MR) is 86.2 cm³/mol. The Bertz CT molecular complexity index is 716. The summed E-state index contributed by atoms with van der Waals surface area (Å²) in [5.41, 5.74) is 1.41. The lowest BCUT2D eigenvalue weighted by molar-refractivity contribution is -0.384. The fourth-order valence-electron chi connectivity index (χ4n) is 2.27. The van der Waals surface area contributed by atoms with E-state index in [9.17, 15) is 20.0 Å². The Kier molecular flexibility index (Phi) is 5.08. The number of carbonyl (C=O) groups excluding carboxylic acids is 1. The molecular weight excluding hydrogens is 296 g/mol. The molecule has 0 saturated carbocycles. The lowest BCUT2D eigenvalue weighted by Crippen LogP contribution is -2.37. The maximum Gasteiger partial charge on any atom is 0.270 e. The number of benzene rings is 2. The molecule has 0 aliphatic rings. The van der Waals surface area contributed by atoms with Gasteiger partial charge in [0.2, 0.25) is 0 Å². The number of hydrogen-bond donors (Lipinski definition) is 2. The van der Waals surface area contributed by atoms with E-state index < -0.39 is 23.0 Å². The van der Waals surface area contributed by atoms with Crippen LogP contribution >= 0.6 is 0 Å². The lowest BCUT2D eigenvalue weighted by Gasteiger charge is -2.21. The Hall–Kier alpha value is -2.73. The minimum absolute atomic E-state index is 0.142. The van der Waals surface area contributed by atoms with Gasteiger partial charge >= 0.3 is 0 Å². The van der Waals surface area contributed by atoms with Gasteiger partial charge in [0.1, 0.15) is 0 Å². The Morgan fingerprint density at radius 2 is 1.87 bits per heavy atom. The van der Waals surface area contributed by atoms with Crippen LogP contribution in [-0.2, 0) is 0 Å². The highest BCUT2D eigenvalue weighted by molar-refractivity contribution is 5.96. The van der Waals surface area contributed by atoms with Crippen molar-refractivity contribution in [2.75, 3.05) is 0 Å². The van der Waals surface area contributed by atoms with Crippen LogP contribution in [0.3, 0.4) is 0 Å². The second kappa shape index (κ2) is 7.02. The molecule has 6 heteroatoms. The third-order valence-electron chi connectivity index (χ3n) is 3.65. The van der Waals surface area contributed by atoms with E-state index in [-0.39, 0.29) is 11.3 Å². The monoisotopic (exact) mass is 314 g/mol. The highest BCUT2D eigenvalue weighted by Gasteiger charge is 2.21. The smallest absolute Gasteiger partial charge is 0.270 e. The van der Waals surface area contributed by atoms with Gasteiger partial charge in [0, 0.05) is 17.7 Å². The number of aliphatic hydroxyl groups is 1. The molecule has 2 rings (SSSR count). The summed E-state index contributed by atoms with van der Waals surface area (Å²) in [7, 11) is 0. The van der Waals surface area contributed by atoms with Crippen LogP contribution < -0.4 is 5.32 Å². The van der Waals surface area contributed by atoms with E-state index in [1.807, 2.05) is 6.07 Å². The second-order valence-electron chi connectivity index (χ2n) is 5.37. The highest BCUT2D eigenvalue weighted by Crippen LogP contribution is 2.19. The maximum absolute atomic E-state index is 12.3. The zero-order valence-corrected chi connectivity index (χ0v) is 12.9. The summed E-state index contributed by atoms with van der Waals surface area (Å²) in [4.78, 5) is 22.6. The topological polar surface area (TPSA) is 92.5 Å². The van der Waals surface area contributed by atoms with Crippen LogP contribution in [0.25, 0.3) is 0 Å². The van der Waals surface area contributed by atoms with Crippen LogP contribution in [0.4, 0.5) is 5.69 Å². The molecule has 1 unspecified atom stereocenters. The molecular formula is C17H18N2O4. The van der Waals surface area contributed by atoms with E-state index in [0.717, 1.165) is 0 Å². The van der Waals surface area contributed by atoms with Gasteiger partial charge in [-0.1, -0.05) is 36.4 Å². The van der Waals surface area contributed by atoms with Gasteiger partial charge < -0.3 is 10.4 Å². The normalized spacial score (nSPS) is 13.2. The highest BCUT2D eigenvalue weighted by atomic mass is 16.6. The molecule has 0 fully saturated rings. The molecule has 0 bridgehead atoms. The summed E-state index contributed by atoms with van der Waals surface area (Å²) in [5, 5.41) is 23.8. The summed E-state index contributed by atoms with van der Waals surface area (Å²) < 4.78 is 0. The van der Waals surface area contributed by atoms with E-state index in [1.54, 1.807) is 38.1 Å². The molecule has 120 valence electrons. The number of amides is 1. The Morgan fingerprint density at radius 1 is 1.22 bits per heavy atom. The van der Waals surface area contributed by atoms with Crippen LogP contribution in [-0.4, -0.2) is 22.0 Å². The van der Waals surface area contributed by atoms with Gasteiger partial charge in [-0.25, -0.2) is 0 Å². The average molecular weight is 314 g/mol. The summed E-state index contributed by atoms with van der Waals surface area (Å²) in [6.45, 7) is 3.39. The van der Waals surface area contributed by atoms with Gasteiger partial charge in [0.15, 0.2) is 0 Å². The van der Waals surface area contributed by atoms with Crippen LogP contribution in [0.1, 0.15) is 34.5 Å². The third kappa shape index (κ3) is 3.92. The molecule has 0 radical (unpaired) electrons. The fourth-order valence-corrected chi connectivity index (χ4v) is 2.27. The molecule has 0 aromatic heterocycles. The molecule has 0 spiro atoms. The van der Waals surface area contributed by atoms with Crippen molar-refractivity contribution in [1.29, 1.82) is 0 Å². The third-order valence-corrected chi connectivity index (χ3v) is 3.65. The molecule has 2 aromatic carbocycles. The van der Waals surface area contributed by atoms with Crippen molar-refractivity contribution < 1.29 is 14.8 Å². The molecule has 2 atom stereocenters. The van der Waals surface area contributed by atoms with Crippen molar-refractivity contribution in [2.24, 2.45) is 0 Å². The number of non-ortho nitro benzene ring substituents is 1. The van der Waals surface area contributed by atoms with E-state index >= 15 is 0 Å². The molecule has 23 heavy (non-hydrogen) atoms. The van der Waals surface area contributed by atoms with E-state index in [2.05, 4.69) is 5.32 Å². The van der Waals surface area contributed by atoms with Crippen molar-refractivity contribution in [3.05, 3.63) is 75.3 Å². The molecule has 0 saturated heterocycles. The minimum atomic E-state index is -0.862. The predicted octanol–water partition coefficient (Wildman–Crippen LogP) is 2.76. The largest absolute Gasteiger partial charge is 0.386 e. The number of carbonyl (C=O) groups is 1. The first kappa shape index (κ1) is 16.6. The summed E-state index contributed by atoms with van der Waals surface area (Å²) >= 11 is 0. The van der Waals surface area contributed by atoms with E-state index in [4.69, 9.17) is 0 Å². The van der Waals surface area contributed by atoms with Crippen molar-refractivity contribution in [2.45, 2.75) is 26.0 Å². The van der Waals surface area contributed by atoms with Crippen molar-refractivity contribution in [3.63, 3.8) is 0 Å². The van der Waals surface area contributed by atoms with Gasteiger partial charge in [0.25, 0.3) is 11.6 Å². The molecule has 2 aromatic rings. The van der Waals surface area contributed by atoms with Gasteiger partial charge in [-0.2, -0.15) is 0 Å².